The molecule has 0 aromatic rings. The summed E-state index contributed by atoms with van der Waals surface area (Å²) >= 11 is 0. The molecule has 7 nitrogen and oxygen atoms in total. The monoisotopic (exact) mass is 297 g/mol. The molecule has 1 rings (SSSR count). The Kier molecular flexibility index (Phi) is 7.72. The van der Waals surface area contributed by atoms with Crippen LogP contribution in [0, 0.1) is 11.3 Å². The van der Waals surface area contributed by atoms with Gasteiger partial charge in [-0.1, -0.05) is 0 Å². The van der Waals surface area contributed by atoms with E-state index in [-0.39, 0.29) is 25.0 Å². The zero-order chi connectivity index (χ0) is 15.7. The van der Waals surface area contributed by atoms with E-state index in [9.17, 15) is 9.59 Å². The summed E-state index contributed by atoms with van der Waals surface area (Å²) in [5, 5.41) is 17.1. The summed E-state index contributed by atoms with van der Waals surface area (Å²) < 4.78 is 5.51. The fourth-order valence-corrected chi connectivity index (χ4v) is 2.20. The molecule has 1 aliphatic heterocycles. The van der Waals surface area contributed by atoms with Crippen LogP contribution in [-0.4, -0.2) is 72.7 Å². The van der Waals surface area contributed by atoms with Gasteiger partial charge in [-0.3, -0.25) is 14.5 Å². The lowest BCUT2D eigenvalue weighted by Gasteiger charge is -2.32. The lowest BCUT2D eigenvalue weighted by atomic mass is 10.1. The Morgan fingerprint density at radius 3 is 2.67 bits per heavy atom. The number of hydrogen-bond donors (Lipinski definition) is 1. The summed E-state index contributed by atoms with van der Waals surface area (Å²) in [4.78, 5) is 26.0. The second-order valence-corrected chi connectivity index (χ2v) is 5.21. The molecule has 1 aliphatic rings. The molecule has 0 spiro atoms. The fourth-order valence-electron chi connectivity index (χ4n) is 2.20. The molecule has 0 unspecified atom stereocenters. The Labute approximate surface area is 125 Å². The van der Waals surface area contributed by atoms with E-state index in [0.717, 1.165) is 25.9 Å². The number of hydrogen-bond acceptors (Lipinski definition) is 5. The minimum absolute atomic E-state index is 0.0236. The zero-order valence-corrected chi connectivity index (χ0v) is 12.5. The molecule has 0 aromatic heterocycles. The predicted molar refractivity (Wildman–Crippen MR) is 75.5 cm³/mol. The summed E-state index contributed by atoms with van der Waals surface area (Å²) in [6.07, 6.45) is 2.10. The van der Waals surface area contributed by atoms with Gasteiger partial charge >= 0.3 is 5.97 Å². The van der Waals surface area contributed by atoms with Crippen LogP contribution in [0.1, 0.15) is 25.7 Å². The third-order valence-corrected chi connectivity index (χ3v) is 3.55. The van der Waals surface area contributed by atoms with Gasteiger partial charge in [0.05, 0.1) is 38.2 Å². The van der Waals surface area contributed by atoms with Crippen molar-refractivity contribution < 1.29 is 19.4 Å². The molecule has 118 valence electrons. The summed E-state index contributed by atoms with van der Waals surface area (Å²) in [5.41, 5.74) is 0. The lowest BCUT2D eigenvalue weighted by molar-refractivity contribution is -0.139. The molecule has 1 N–H and O–H groups in total. The topological polar surface area (TPSA) is 93.9 Å². The van der Waals surface area contributed by atoms with Crippen molar-refractivity contribution in [2.45, 2.75) is 31.8 Å². The smallest absolute Gasteiger partial charge is 0.305 e. The molecule has 21 heavy (non-hydrogen) atoms. The number of amides is 1. The summed E-state index contributed by atoms with van der Waals surface area (Å²) in [6.45, 7) is 2.62. The number of aliphatic carboxylic acids is 1. The van der Waals surface area contributed by atoms with Crippen LogP contribution in [-0.2, 0) is 14.3 Å². The van der Waals surface area contributed by atoms with E-state index >= 15 is 0 Å². The van der Waals surface area contributed by atoms with Gasteiger partial charge in [-0.25, -0.2) is 0 Å². The van der Waals surface area contributed by atoms with Crippen molar-refractivity contribution in [2.24, 2.45) is 0 Å². The minimum Gasteiger partial charge on any atom is -0.481 e. The lowest BCUT2D eigenvalue weighted by Crippen LogP contribution is -2.43. The molecule has 1 saturated heterocycles. The SMILES string of the molecule is CN(CCC#N)C(=O)CN1CCC(OCCC(=O)O)CC1. The number of carboxylic acid groups (broad SMARTS) is 1. The number of likely N-dealkylation sites (tertiary alicyclic amines) is 1. The van der Waals surface area contributed by atoms with Crippen LogP contribution >= 0.6 is 0 Å². The predicted octanol–water partition coefficient (Wildman–Crippen LogP) is 0.314. The van der Waals surface area contributed by atoms with E-state index in [1.54, 1.807) is 11.9 Å². The Morgan fingerprint density at radius 2 is 2.10 bits per heavy atom. The molecule has 1 amide bonds. The number of piperidine rings is 1. The van der Waals surface area contributed by atoms with Crippen molar-refractivity contribution >= 4 is 11.9 Å². The van der Waals surface area contributed by atoms with Crippen molar-refractivity contribution in [1.29, 1.82) is 5.26 Å². The van der Waals surface area contributed by atoms with E-state index < -0.39 is 5.97 Å². The van der Waals surface area contributed by atoms with Gasteiger partial charge in [-0.15, -0.1) is 0 Å². The highest BCUT2D eigenvalue weighted by Gasteiger charge is 2.22. The average molecular weight is 297 g/mol. The van der Waals surface area contributed by atoms with Gasteiger partial charge < -0.3 is 14.7 Å². The van der Waals surface area contributed by atoms with Gasteiger partial charge in [0, 0.05) is 26.7 Å². The maximum Gasteiger partial charge on any atom is 0.305 e. The third-order valence-electron chi connectivity index (χ3n) is 3.55. The highest BCUT2D eigenvalue weighted by molar-refractivity contribution is 5.78. The maximum absolute atomic E-state index is 11.9. The van der Waals surface area contributed by atoms with Crippen molar-refractivity contribution in [3.05, 3.63) is 0 Å². The van der Waals surface area contributed by atoms with Gasteiger partial charge in [0.1, 0.15) is 0 Å². The molecule has 0 bridgehead atoms. The van der Waals surface area contributed by atoms with Crippen LogP contribution in [0.4, 0.5) is 0 Å². The number of nitriles is 1. The first-order valence-electron chi connectivity index (χ1n) is 7.19. The average Bonchev–Trinajstić information content (AvgIpc) is 2.46. The Balaban J connectivity index is 2.19. The maximum atomic E-state index is 11.9. The third kappa shape index (κ3) is 7.06. The molecule has 0 aromatic carbocycles. The van der Waals surface area contributed by atoms with E-state index in [1.165, 1.54) is 0 Å². The van der Waals surface area contributed by atoms with E-state index in [0.29, 0.717) is 19.5 Å². The molecule has 0 atom stereocenters. The molecule has 1 fully saturated rings. The Bertz CT molecular complexity index is 386. The first-order chi connectivity index (χ1) is 10.0. The largest absolute Gasteiger partial charge is 0.481 e. The molecule has 7 heteroatoms. The van der Waals surface area contributed by atoms with Crippen LogP contribution in [0.25, 0.3) is 0 Å². The number of carboxylic acids is 1. The van der Waals surface area contributed by atoms with Gasteiger partial charge in [0.15, 0.2) is 0 Å². The summed E-state index contributed by atoms with van der Waals surface area (Å²) in [6, 6.07) is 2.02. The molecular weight excluding hydrogens is 274 g/mol. The fraction of sp³-hybridized carbons (Fsp3) is 0.786. The van der Waals surface area contributed by atoms with Crippen molar-refractivity contribution in [2.75, 3.05) is 39.8 Å². The van der Waals surface area contributed by atoms with E-state index in [2.05, 4.69) is 4.90 Å². The molecule has 0 aliphatic carbocycles. The number of carbonyl (C=O) groups excluding carboxylic acids is 1. The Hall–Kier alpha value is -1.65. The number of ether oxygens (including phenoxy) is 1. The van der Waals surface area contributed by atoms with Gasteiger partial charge in [0.2, 0.25) is 5.91 Å². The molecule has 0 radical (unpaired) electrons. The Morgan fingerprint density at radius 1 is 1.43 bits per heavy atom. The van der Waals surface area contributed by atoms with Crippen LogP contribution < -0.4 is 0 Å². The van der Waals surface area contributed by atoms with Crippen molar-refractivity contribution in [1.82, 2.24) is 9.80 Å². The highest BCUT2D eigenvalue weighted by atomic mass is 16.5. The number of rotatable bonds is 8. The van der Waals surface area contributed by atoms with Crippen LogP contribution in [0.15, 0.2) is 0 Å². The molecule has 1 heterocycles. The quantitative estimate of drug-likeness (QED) is 0.693. The van der Waals surface area contributed by atoms with Crippen LogP contribution in [0.3, 0.4) is 0 Å². The van der Waals surface area contributed by atoms with Gasteiger partial charge in [-0.05, 0) is 12.8 Å². The highest BCUT2D eigenvalue weighted by Crippen LogP contribution is 2.14. The molecule has 0 saturated carbocycles. The van der Waals surface area contributed by atoms with Crippen molar-refractivity contribution in [3.8, 4) is 6.07 Å². The van der Waals surface area contributed by atoms with Gasteiger partial charge in [-0.2, -0.15) is 5.26 Å². The van der Waals surface area contributed by atoms with Gasteiger partial charge in [0.25, 0.3) is 0 Å². The first-order valence-corrected chi connectivity index (χ1v) is 7.19. The summed E-state index contributed by atoms with van der Waals surface area (Å²) in [5.74, 6) is -0.825. The van der Waals surface area contributed by atoms with Crippen LogP contribution in [0.2, 0.25) is 0 Å². The standard InChI is InChI=1S/C14H23N3O4/c1-16(7-2-6-15)13(18)11-17-8-3-12(4-9-17)21-10-5-14(19)20/h12H,2-5,7-11H2,1H3,(H,19,20). The number of carbonyl (C=O) groups is 2. The first kappa shape index (κ1) is 17.4. The normalized spacial score (nSPS) is 16.4. The minimum atomic E-state index is -0.849. The summed E-state index contributed by atoms with van der Waals surface area (Å²) in [7, 11) is 1.71. The van der Waals surface area contributed by atoms with Crippen LogP contribution in [0.5, 0.6) is 0 Å². The van der Waals surface area contributed by atoms with E-state index in [1.807, 2.05) is 6.07 Å². The zero-order valence-electron chi connectivity index (χ0n) is 12.5. The number of likely N-dealkylation sites (N-methyl/N-ethyl adjacent to an activating group) is 1. The van der Waals surface area contributed by atoms with Crippen molar-refractivity contribution in [3.63, 3.8) is 0 Å². The second kappa shape index (κ2) is 9.32. The second-order valence-electron chi connectivity index (χ2n) is 5.21. The number of nitrogens with zero attached hydrogens (tertiary/aromatic N) is 3. The molecular formula is C14H23N3O4. The van der Waals surface area contributed by atoms with E-state index in [4.69, 9.17) is 15.1 Å².